The van der Waals surface area contributed by atoms with Crippen LogP contribution in [-0.4, -0.2) is 40.6 Å². The minimum atomic E-state index is -2.90. The summed E-state index contributed by atoms with van der Waals surface area (Å²) in [5.74, 6) is 1.40. The molecular weight excluding hydrogens is 274 g/mol. The maximum absolute atomic E-state index is 11.3. The molecule has 0 saturated heterocycles. The van der Waals surface area contributed by atoms with Crippen molar-refractivity contribution < 1.29 is 13.2 Å². The van der Waals surface area contributed by atoms with Crippen LogP contribution in [0.15, 0.2) is 24.3 Å². The highest BCUT2D eigenvalue weighted by atomic mass is 32.2. The first-order chi connectivity index (χ1) is 9.44. The van der Waals surface area contributed by atoms with Gasteiger partial charge in [-0.15, -0.1) is 0 Å². The average Bonchev–Trinajstić information content (AvgIpc) is 2.41. The van der Waals surface area contributed by atoms with E-state index in [9.17, 15) is 8.42 Å². The van der Waals surface area contributed by atoms with Gasteiger partial charge in [-0.3, -0.25) is 0 Å². The Labute approximate surface area is 122 Å². The third-order valence-electron chi connectivity index (χ3n) is 3.24. The van der Waals surface area contributed by atoms with Crippen LogP contribution in [0.1, 0.15) is 18.9 Å². The van der Waals surface area contributed by atoms with Crippen LogP contribution in [0.5, 0.6) is 5.75 Å². The summed E-state index contributed by atoms with van der Waals surface area (Å²) in [7, 11) is -1.25. The molecule has 20 heavy (non-hydrogen) atoms. The molecule has 114 valence electrons. The SMILES string of the molecule is CCNCC(CCS(C)(=O)=O)Cc1cccc(OC)c1. The van der Waals surface area contributed by atoms with Gasteiger partial charge in [-0.25, -0.2) is 8.42 Å². The standard InChI is InChI=1S/C15H25NO3S/c1-4-16-12-14(8-9-20(3,17)18)10-13-6-5-7-15(11-13)19-2/h5-7,11,14,16H,4,8-10,12H2,1-3H3. The molecule has 0 spiro atoms. The van der Waals surface area contributed by atoms with Crippen LogP contribution >= 0.6 is 0 Å². The smallest absolute Gasteiger partial charge is 0.147 e. The Hall–Kier alpha value is -1.07. The first kappa shape index (κ1) is 17.0. The maximum atomic E-state index is 11.3. The van der Waals surface area contributed by atoms with Gasteiger partial charge in [0.05, 0.1) is 12.9 Å². The predicted molar refractivity (Wildman–Crippen MR) is 83.1 cm³/mol. The molecule has 0 fully saturated rings. The van der Waals surface area contributed by atoms with Crippen LogP contribution in [0, 0.1) is 5.92 Å². The van der Waals surface area contributed by atoms with Crippen LogP contribution in [-0.2, 0) is 16.3 Å². The molecule has 0 aliphatic rings. The van der Waals surface area contributed by atoms with Crippen molar-refractivity contribution in [3.8, 4) is 5.75 Å². The number of benzene rings is 1. The Bertz CT molecular complexity index is 500. The molecule has 0 saturated carbocycles. The van der Waals surface area contributed by atoms with Gasteiger partial charge >= 0.3 is 0 Å². The summed E-state index contributed by atoms with van der Waals surface area (Å²) < 4.78 is 27.9. The van der Waals surface area contributed by atoms with E-state index in [4.69, 9.17) is 4.74 Å². The van der Waals surface area contributed by atoms with E-state index in [1.807, 2.05) is 18.2 Å². The van der Waals surface area contributed by atoms with E-state index < -0.39 is 9.84 Å². The lowest BCUT2D eigenvalue weighted by molar-refractivity contribution is 0.412. The molecule has 0 aliphatic heterocycles. The maximum Gasteiger partial charge on any atom is 0.147 e. The molecule has 0 aromatic heterocycles. The fraction of sp³-hybridized carbons (Fsp3) is 0.600. The van der Waals surface area contributed by atoms with Crippen LogP contribution in [0.3, 0.4) is 0 Å². The number of nitrogens with one attached hydrogen (secondary N) is 1. The van der Waals surface area contributed by atoms with Gasteiger partial charge in [0, 0.05) is 6.26 Å². The van der Waals surface area contributed by atoms with Crippen molar-refractivity contribution in [3.05, 3.63) is 29.8 Å². The number of sulfone groups is 1. The minimum absolute atomic E-state index is 0.243. The molecule has 0 amide bonds. The van der Waals surface area contributed by atoms with Gasteiger partial charge in [0.2, 0.25) is 0 Å². The van der Waals surface area contributed by atoms with Gasteiger partial charge in [-0.2, -0.15) is 0 Å². The Morgan fingerprint density at radius 1 is 1.35 bits per heavy atom. The molecule has 1 aromatic rings. The fourth-order valence-electron chi connectivity index (χ4n) is 2.14. The fourth-order valence-corrected chi connectivity index (χ4v) is 2.90. The number of rotatable bonds is 9. The predicted octanol–water partition coefficient (Wildman–Crippen LogP) is 1.90. The number of methoxy groups -OCH3 is 1. The molecule has 1 aromatic carbocycles. The molecule has 0 aliphatic carbocycles. The lowest BCUT2D eigenvalue weighted by Gasteiger charge is -2.17. The molecule has 5 heteroatoms. The second-order valence-electron chi connectivity index (χ2n) is 5.15. The number of hydrogen-bond acceptors (Lipinski definition) is 4. The monoisotopic (exact) mass is 299 g/mol. The minimum Gasteiger partial charge on any atom is -0.497 e. The van der Waals surface area contributed by atoms with Crippen molar-refractivity contribution in [3.63, 3.8) is 0 Å². The van der Waals surface area contributed by atoms with Gasteiger partial charge in [-0.05, 0) is 49.5 Å². The second-order valence-corrected chi connectivity index (χ2v) is 7.41. The van der Waals surface area contributed by atoms with E-state index in [2.05, 4.69) is 18.3 Å². The van der Waals surface area contributed by atoms with Crippen molar-refractivity contribution in [1.29, 1.82) is 0 Å². The van der Waals surface area contributed by atoms with E-state index in [0.717, 1.165) is 25.3 Å². The summed E-state index contributed by atoms with van der Waals surface area (Å²) in [6, 6.07) is 7.95. The molecule has 0 bridgehead atoms. The van der Waals surface area contributed by atoms with Gasteiger partial charge < -0.3 is 10.1 Å². The summed E-state index contributed by atoms with van der Waals surface area (Å²) in [5.41, 5.74) is 1.18. The molecule has 1 atom stereocenters. The van der Waals surface area contributed by atoms with Gasteiger partial charge in [0.1, 0.15) is 15.6 Å². The Kier molecular flexibility index (Phi) is 7.02. The zero-order valence-electron chi connectivity index (χ0n) is 12.6. The van der Waals surface area contributed by atoms with Crippen LogP contribution in [0.25, 0.3) is 0 Å². The summed E-state index contributed by atoms with van der Waals surface area (Å²) >= 11 is 0. The van der Waals surface area contributed by atoms with Gasteiger partial charge in [-0.1, -0.05) is 19.1 Å². The van der Waals surface area contributed by atoms with Crippen molar-refractivity contribution in [2.45, 2.75) is 19.8 Å². The average molecular weight is 299 g/mol. The molecule has 0 heterocycles. The zero-order chi connectivity index (χ0) is 15.0. The highest BCUT2D eigenvalue weighted by Gasteiger charge is 2.13. The van der Waals surface area contributed by atoms with Gasteiger partial charge in [0.25, 0.3) is 0 Å². The summed E-state index contributed by atoms with van der Waals surface area (Å²) in [5, 5.41) is 3.31. The number of hydrogen-bond donors (Lipinski definition) is 1. The van der Waals surface area contributed by atoms with Crippen molar-refractivity contribution in [1.82, 2.24) is 5.32 Å². The Balaban J connectivity index is 2.67. The first-order valence-corrected chi connectivity index (χ1v) is 9.02. The zero-order valence-corrected chi connectivity index (χ0v) is 13.4. The quantitative estimate of drug-likeness (QED) is 0.756. The van der Waals surface area contributed by atoms with E-state index in [-0.39, 0.29) is 5.75 Å². The second kappa shape index (κ2) is 8.27. The molecule has 1 rings (SSSR count). The highest BCUT2D eigenvalue weighted by molar-refractivity contribution is 7.90. The van der Waals surface area contributed by atoms with Crippen LogP contribution < -0.4 is 10.1 Å². The third-order valence-corrected chi connectivity index (χ3v) is 4.22. The molecular formula is C15H25NO3S. The van der Waals surface area contributed by atoms with E-state index >= 15 is 0 Å². The summed E-state index contributed by atoms with van der Waals surface area (Å²) in [6.45, 7) is 3.79. The van der Waals surface area contributed by atoms with Crippen molar-refractivity contribution in [2.24, 2.45) is 5.92 Å². The topological polar surface area (TPSA) is 55.4 Å². The van der Waals surface area contributed by atoms with E-state index in [1.165, 1.54) is 11.8 Å². The van der Waals surface area contributed by atoms with Crippen LogP contribution in [0.2, 0.25) is 0 Å². The molecule has 1 N–H and O–H groups in total. The first-order valence-electron chi connectivity index (χ1n) is 6.96. The summed E-state index contributed by atoms with van der Waals surface area (Å²) in [4.78, 5) is 0. The molecule has 1 unspecified atom stereocenters. The lowest BCUT2D eigenvalue weighted by atomic mass is 9.96. The Morgan fingerprint density at radius 3 is 2.70 bits per heavy atom. The van der Waals surface area contributed by atoms with Crippen molar-refractivity contribution >= 4 is 9.84 Å². The largest absolute Gasteiger partial charge is 0.497 e. The van der Waals surface area contributed by atoms with Gasteiger partial charge in [0.15, 0.2) is 0 Å². The molecule has 4 nitrogen and oxygen atoms in total. The lowest BCUT2D eigenvalue weighted by Crippen LogP contribution is -2.26. The third kappa shape index (κ3) is 6.91. The Morgan fingerprint density at radius 2 is 2.10 bits per heavy atom. The summed E-state index contributed by atoms with van der Waals surface area (Å²) in [6.07, 6.45) is 2.84. The highest BCUT2D eigenvalue weighted by Crippen LogP contribution is 2.18. The van der Waals surface area contributed by atoms with E-state index in [0.29, 0.717) is 12.3 Å². The normalized spacial score (nSPS) is 13.2. The van der Waals surface area contributed by atoms with Crippen LogP contribution in [0.4, 0.5) is 0 Å². The van der Waals surface area contributed by atoms with E-state index in [1.54, 1.807) is 7.11 Å². The van der Waals surface area contributed by atoms with Crippen molar-refractivity contribution in [2.75, 3.05) is 32.2 Å². The molecule has 0 radical (unpaired) electrons. The number of ether oxygens (including phenoxy) is 1.